The molecule has 1 heterocycles. The number of hydrogen-bond acceptors (Lipinski definition) is 3. The lowest BCUT2D eigenvalue weighted by Gasteiger charge is -2.33. The number of carboxylic acids is 1. The summed E-state index contributed by atoms with van der Waals surface area (Å²) in [6.07, 6.45) is 1.16. The summed E-state index contributed by atoms with van der Waals surface area (Å²) in [5.74, 6) is -0.497. The van der Waals surface area contributed by atoms with Crippen LogP contribution in [-0.4, -0.2) is 30.6 Å². The topological polar surface area (TPSA) is 66.8 Å². The number of aromatic carboxylic acids is 1. The Balaban J connectivity index is 1.87. The minimum Gasteiger partial charge on any atom is -0.496 e. The third kappa shape index (κ3) is 3.61. The van der Waals surface area contributed by atoms with Crippen LogP contribution < -0.4 is 9.64 Å². The molecular weight excluding hydrogens is 342 g/mol. The second-order valence-electron chi connectivity index (χ2n) is 5.98. The van der Waals surface area contributed by atoms with E-state index in [-0.39, 0.29) is 17.4 Å². The van der Waals surface area contributed by atoms with Crippen molar-refractivity contribution >= 4 is 29.2 Å². The second-order valence-corrected chi connectivity index (χ2v) is 6.42. The first kappa shape index (κ1) is 17.3. The molecule has 2 aromatic carbocycles. The first-order chi connectivity index (χ1) is 12.0. The number of rotatable bonds is 4. The smallest absolute Gasteiger partial charge is 0.339 e. The van der Waals surface area contributed by atoms with Gasteiger partial charge >= 0.3 is 5.97 Å². The summed E-state index contributed by atoms with van der Waals surface area (Å²) in [6.45, 7) is 0.538. The van der Waals surface area contributed by atoms with Gasteiger partial charge in [-0.05, 0) is 48.4 Å². The van der Waals surface area contributed by atoms with Crippen LogP contribution in [0.2, 0.25) is 5.02 Å². The van der Waals surface area contributed by atoms with Gasteiger partial charge in [0, 0.05) is 29.6 Å². The van der Waals surface area contributed by atoms with Gasteiger partial charge in [-0.15, -0.1) is 0 Å². The predicted octanol–water partition coefficient (Wildman–Crippen LogP) is 3.96. The number of nitrogens with zero attached hydrogens (tertiary/aromatic N) is 1. The Labute approximate surface area is 150 Å². The average molecular weight is 360 g/mol. The number of methoxy groups -OCH3 is 1. The Morgan fingerprint density at radius 1 is 1.24 bits per heavy atom. The lowest BCUT2D eigenvalue weighted by Crippen LogP contribution is -2.39. The van der Waals surface area contributed by atoms with Gasteiger partial charge in [-0.2, -0.15) is 0 Å². The molecule has 6 heteroatoms. The highest BCUT2D eigenvalue weighted by atomic mass is 35.5. The Morgan fingerprint density at radius 2 is 1.96 bits per heavy atom. The van der Waals surface area contributed by atoms with Gasteiger partial charge in [-0.3, -0.25) is 4.79 Å². The largest absolute Gasteiger partial charge is 0.496 e. The van der Waals surface area contributed by atoms with Crippen LogP contribution in [0.15, 0.2) is 42.5 Å². The van der Waals surface area contributed by atoms with E-state index in [0.29, 0.717) is 23.7 Å². The molecule has 0 radical (unpaired) electrons. The van der Waals surface area contributed by atoms with Crippen molar-refractivity contribution in [1.29, 1.82) is 0 Å². The van der Waals surface area contributed by atoms with Crippen molar-refractivity contribution < 1.29 is 19.4 Å². The summed E-state index contributed by atoms with van der Waals surface area (Å²) in [7, 11) is 1.45. The SMILES string of the molecule is COc1cc(C2CCC(=O)N(c3ccc(Cl)cc3)C2)ccc1C(=O)O. The first-order valence-electron chi connectivity index (χ1n) is 7.96. The molecule has 130 valence electrons. The molecule has 1 aliphatic heterocycles. The molecule has 2 aromatic rings. The zero-order valence-corrected chi connectivity index (χ0v) is 14.5. The lowest BCUT2D eigenvalue weighted by molar-refractivity contribution is -0.119. The van der Waals surface area contributed by atoms with E-state index < -0.39 is 5.97 Å². The van der Waals surface area contributed by atoms with Crippen LogP contribution in [0.25, 0.3) is 0 Å². The van der Waals surface area contributed by atoms with E-state index in [1.165, 1.54) is 7.11 Å². The highest BCUT2D eigenvalue weighted by Crippen LogP contribution is 2.33. The molecule has 1 fully saturated rings. The normalized spacial score (nSPS) is 17.4. The van der Waals surface area contributed by atoms with Gasteiger partial charge in [-0.1, -0.05) is 17.7 Å². The van der Waals surface area contributed by atoms with Crippen molar-refractivity contribution in [1.82, 2.24) is 0 Å². The van der Waals surface area contributed by atoms with Crippen molar-refractivity contribution in [2.24, 2.45) is 0 Å². The van der Waals surface area contributed by atoms with Crippen molar-refractivity contribution in [3.63, 3.8) is 0 Å². The highest BCUT2D eigenvalue weighted by molar-refractivity contribution is 6.30. The number of carbonyl (C=O) groups is 2. The van der Waals surface area contributed by atoms with Crippen LogP contribution in [-0.2, 0) is 4.79 Å². The first-order valence-corrected chi connectivity index (χ1v) is 8.34. The molecular formula is C19H18ClNO4. The number of carbonyl (C=O) groups excluding carboxylic acids is 1. The van der Waals surface area contributed by atoms with E-state index in [1.807, 2.05) is 12.1 Å². The Bertz CT molecular complexity index is 804. The van der Waals surface area contributed by atoms with Gasteiger partial charge in [0.1, 0.15) is 11.3 Å². The van der Waals surface area contributed by atoms with Crippen molar-refractivity contribution in [3.05, 3.63) is 58.6 Å². The average Bonchev–Trinajstić information content (AvgIpc) is 2.62. The Morgan fingerprint density at radius 3 is 2.60 bits per heavy atom. The number of anilines is 1. The molecule has 1 atom stereocenters. The molecule has 0 saturated carbocycles. The van der Waals surface area contributed by atoms with Gasteiger partial charge in [0.05, 0.1) is 7.11 Å². The minimum absolute atomic E-state index is 0.0766. The Kier molecular flexibility index (Phi) is 4.95. The second kappa shape index (κ2) is 7.15. The van der Waals surface area contributed by atoms with Crippen LogP contribution in [0.3, 0.4) is 0 Å². The number of piperidine rings is 1. The van der Waals surface area contributed by atoms with Crippen molar-refractivity contribution in [3.8, 4) is 5.75 Å². The molecule has 0 aliphatic carbocycles. The van der Waals surface area contributed by atoms with Crippen LogP contribution in [0.1, 0.15) is 34.7 Å². The van der Waals surface area contributed by atoms with Crippen LogP contribution >= 0.6 is 11.6 Å². The fraction of sp³-hybridized carbons (Fsp3) is 0.263. The molecule has 0 aromatic heterocycles. The summed E-state index contributed by atoms with van der Waals surface area (Å²) < 4.78 is 5.21. The molecule has 1 N–H and O–H groups in total. The molecule has 25 heavy (non-hydrogen) atoms. The summed E-state index contributed by atoms with van der Waals surface area (Å²) in [5.41, 5.74) is 1.91. The number of amides is 1. The van der Waals surface area contributed by atoms with E-state index in [2.05, 4.69) is 0 Å². The standard InChI is InChI=1S/C19H18ClNO4/c1-25-17-10-12(2-8-16(17)19(23)24)13-3-9-18(22)21(11-13)15-6-4-14(20)5-7-15/h2,4-8,10,13H,3,9,11H2,1H3,(H,23,24). The van der Waals surface area contributed by atoms with Gasteiger partial charge in [0.2, 0.25) is 5.91 Å². The van der Waals surface area contributed by atoms with Gasteiger partial charge in [0.25, 0.3) is 0 Å². The summed E-state index contributed by atoms with van der Waals surface area (Å²) >= 11 is 5.92. The fourth-order valence-electron chi connectivity index (χ4n) is 3.13. The van der Waals surface area contributed by atoms with Gasteiger partial charge in [0.15, 0.2) is 0 Å². The van der Waals surface area contributed by atoms with Crippen LogP contribution in [0, 0.1) is 0 Å². The molecule has 1 aliphatic rings. The molecule has 3 rings (SSSR count). The third-order valence-corrected chi connectivity index (χ3v) is 4.73. The van der Waals surface area contributed by atoms with E-state index >= 15 is 0 Å². The molecule has 0 spiro atoms. The van der Waals surface area contributed by atoms with Crippen molar-refractivity contribution in [2.75, 3.05) is 18.6 Å². The zero-order valence-electron chi connectivity index (χ0n) is 13.7. The maximum atomic E-state index is 12.3. The molecule has 1 saturated heterocycles. The van der Waals surface area contributed by atoms with Gasteiger partial charge < -0.3 is 14.7 Å². The zero-order chi connectivity index (χ0) is 18.0. The molecule has 1 unspecified atom stereocenters. The van der Waals surface area contributed by atoms with Crippen LogP contribution in [0.4, 0.5) is 5.69 Å². The number of ether oxygens (including phenoxy) is 1. The summed E-state index contributed by atoms with van der Waals surface area (Å²) in [6, 6.07) is 12.3. The van der Waals surface area contributed by atoms with E-state index in [4.69, 9.17) is 16.3 Å². The van der Waals surface area contributed by atoms with Gasteiger partial charge in [-0.25, -0.2) is 4.79 Å². The van der Waals surface area contributed by atoms with E-state index in [9.17, 15) is 14.7 Å². The maximum absolute atomic E-state index is 12.3. The van der Waals surface area contributed by atoms with E-state index in [1.54, 1.807) is 35.2 Å². The number of benzene rings is 2. The monoisotopic (exact) mass is 359 g/mol. The number of hydrogen-bond donors (Lipinski definition) is 1. The third-order valence-electron chi connectivity index (χ3n) is 4.48. The molecule has 1 amide bonds. The quantitative estimate of drug-likeness (QED) is 0.897. The molecule has 5 nitrogen and oxygen atoms in total. The predicted molar refractivity (Wildman–Crippen MR) is 95.7 cm³/mol. The minimum atomic E-state index is -1.02. The van der Waals surface area contributed by atoms with E-state index in [0.717, 1.165) is 17.7 Å². The fourth-order valence-corrected chi connectivity index (χ4v) is 3.25. The Hall–Kier alpha value is -2.53. The highest BCUT2D eigenvalue weighted by Gasteiger charge is 2.28. The number of carboxylic acid groups (broad SMARTS) is 1. The summed E-state index contributed by atoms with van der Waals surface area (Å²) in [4.78, 5) is 25.3. The lowest BCUT2D eigenvalue weighted by atomic mass is 9.89. The number of halogens is 1. The van der Waals surface area contributed by atoms with Crippen molar-refractivity contribution in [2.45, 2.75) is 18.8 Å². The maximum Gasteiger partial charge on any atom is 0.339 e. The van der Waals surface area contributed by atoms with Crippen LogP contribution in [0.5, 0.6) is 5.75 Å². The summed E-state index contributed by atoms with van der Waals surface area (Å²) in [5, 5.41) is 9.83. The molecule has 0 bridgehead atoms.